The van der Waals surface area contributed by atoms with Crippen LogP contribution in [-0.2, 0) is 9.47 Å². The van der Waals surface area contributed by atoms with Crippen molar-refractivity contribution in [1.29, 1.82) is 0 Å². The third-order valence-corrected chi connectivity index (χ3v) is 6.94. The van der Waals surface area contributed by atoms with Gasteiger partial charge in [-0.25, -0.2) is 0 Å². The first-order valence-electron chi connectivity index (χ1n) is 10.8. The molecule has 1 aromatic rings. The van der Waals surface area contributed by atoms with Gasteiger partial charge in [-0.1, -0.05) is 54.6 Å². The topological polar surface area (TPSA) is 35.5 Å². The van der Waals surface area contributed by atoms with Crippen LogP contribution in [-0.4, -0.2) is 24.1 Å². The average molecular weight is 435 g/mol. The van der Waals surface area contributed by atoms with Crippen LogP contribution in [0.4, 0.5) is 0 Å². The number of carbonyl (C=O) groups excluding carboxylic acids is 1. The monoisotopic (exact) mass is 434 g/mol. The lowest BCUT2D eigenvalue weighted by atomic mass is 9.81. The van der Waals surface area contributed by atoms with Crippen molar-refractivity contribution in [3.63, 3.8) is 0 Å². The molecule has 29 heavy (non-hydrogen) atoms. The largest absolute Gasteiger partial charge is 0.495 e. The Morgan fingerprint density at radius 2 is 1.86 bits per heavy atom. The average Bonchev–Trinajstić information content (AvgIpc) is 3.03. The molecule has 0 saturated heterocycles. The number of allylic oxidation sites excluding steroid dienone is 1. The number of rotatable bonds is 5. The molecular weight excluding hydrogens is 407 g/mol. The molecule has 2 aliphatic carbocycles. The molecule has 1 spiro atoms. The summed E-state index contributed by atoms with van der Waals surface area (Å²) in [6, 6.07) is 5.18. The van der Waals surface area contributed by atoms with Gasteiger partial charge in [-0.05, 0) is 63.2 Å². The minimum absolute atomic E-state index is 0.164. The summed E-state index contributed by atoms with van der Waals surface area (Å²) in [5.41, 5.74) is 1.65. The SMILES string of the molecule is CCOC1=C(C(=O)c2c(Cl)cccc2Cl)[C@H](C2=CCCCC2)OC12CCCCC2. The standard InChI is InChI=1S/C24H28Cl2O3/c1-2-28-23-20(21(27)19-17(25)12-9-13-18(19)26)22(16-10-5-3-6-11-16)29-24(23)14-7-4-8-15-24/h9-10,12-13,22H,2-8,11,14-15H2,1H3/t22-/m0/s1. The van der Waals surface area contributed by atoms with E-state index in [0.29, 0.717) is 27.8 Å². The number of hydrogen-bond acceptors (Lipinski definition) is 3. The number of ketones is 1. The predicted octanol–water partition coefficient (Wildman–Crippen LogP) is 7.07. The number of ether oxygens (including phenoxy) is 2. The number of hydrogen-bond donors (Lipinski definition) is 0. The number of Topliss-reactive ketones (excluding diaryl/α,β-unsaturated/α-hetero) is 1. The van der Waals surface area contributed by atoms with E-state index in [1.165, 1.54) is 18.4 Å². The molecule has 1 aromatic carbocycles. The smallest absolute Gasteiger partial charge is 0.198 e. The van der Waals surface area contributed by atoms with E-state index in [1.807, 2.05) is 6.92 Å². The van der Waals surface area contributed by atoms with Crippen LogP contribution in [0.2, 0.25) is 10.0 Å². The van der Waals surface area contributed by atoms with E-state index in [2.05, 4.69) is 6.08 Å². The van der Waals surface area contributed by atoms with E-state index < -0.39 is 5.60 Å². The molecule has 5 heteroatoms. The first kappa shape index (κ1) is 21.0. The second kappa shape index (κ2) is 8.83. The molecule has 0 radical (unpaired) electrons. The third-order valence-electron chi connectivity index (χ3n) is 6.31. The molecule has 0 aromatic heterocycles. The summed E-state index contributed by atoms with van der Waals surface area (Å²) >= 11 is 12.8. The molecule has 1 fully saturated rings. The van der Waals surface area contributed by atoms with E-state index in [0.717, 1.165) is 50.7 Å². The first-order valence-corrected chi connectivity index (χ1v) is 11.6. The van der Waals surface area contributed by atoms with E-state index in [1.54, 1.807) is 18.2 Å². The molecule has 3 nitrogen and oxygen atoms in total. The van der Waals surface area contributed by atoms with Gasteiger partial charge in [0.25, 0.3) is 0 Å². The summed E-state index contributed by atoms with van der Waals surface area (Å²) < 4.78 is 12.9. The van der Waals surface area contributed by atoms with Gasteiger partial charge in [0.15, 0.2) is 5.78 Å². The maximum absolute atomic E-state index is 13.8. The lowest BCUT2D eigenvalue weighted by Crippen LogP contribution is -2.36. The van der Waals surface area contributed by atoms with E-state index >= 15 is 0 Å². The summed E-state index contributed by atoms with van der Waals surface area (Å²) in [5, 5.41) is 0.735. The second-order valence-corrected chi connectivity index (χ2v) is 8.99. The zero-order valence-electron chi connectivity index (χ0n) is 16.9. The lowest BCUT2D eigenvalue weighted by Gasteiger charge is -2.35. The summed E-state index contributed by atoms with van der Waals surface area (Å²) in [4.78, 5) is 13.8. The van der Waals surface area contributed by atoms with Gasteiger partial charge in [0, 0.05) is 0 Å². The van der Waals surface area contributed by atoms with Crippen molar-refractivity contribution in [3.05, 3.63) is 56.8 Å². The summed E-state index contributed by atoms with van der Waals surface area (Å²) in [6.07, 6.45) is 11.3. The summed E-state index contributed by atoms with van der Waals surface area (Å²) in [5.74, 6) is 0.556. The fraction of sp³-hybridized carbons (Fsp3) is 0.542. The molecule has 0 N–H and O–H groups in total. The maximum atomic E-state index is 13.8. The van der Waals surface area contributed by atoms with Crippen molar-refractivity contribution in [2.45, 2.75) is 76.4 Å². The van der Waals surface area contributed by atoms with E-state index in [9.17, 15) is 4.79 Å². The zero-order chi connectivity index (χ0) is 20.4. The molecular formula is C24H28Cl2O3. The number of benzene rings is 1. The minimum atomic E-state index is -0.504. The third kappa shape index (κ3) is 3.89. The molecule has 1 atom stereocenters. The van der Waals surface area contributed by atoms with Crippen LogP contribution in [0.1, 0.15) is 75.1 Å². The Kier molecular flexibility index (Phi) is 6.38. The van der Waals surface area contributed by atoms with Crippen molar-refractivity contribution in [2.24, 2.45) is 0 Å². The summed E-state index contributed by atoms with van der Waals surface area (Å²) in [7, 11) is 0. The van der Waals surface area contributed by atoms with Crippen LogP contribution in [0.3, 0.4) is 0 Å². The molecule has 156 valence electrons. The van der Waals surface area contributed by atoms with Crippen molar-refractivity contribution < 1.29 is 14.3 Å². The van der Waals surface area contributed by atoms with Crippen LogP contribution in [0.5, 0.6) is 0 Å². The molecule has 3 aliphatic rings. The van der Waals surface area contributed by atoms with Crippen molar-refractivity contribution in [1.82, 2.24) is 0 Å². The Morgan fingerprint density at radius 3 is 2.48 bits per heavy atom. The Bertz CT molecular complexity index is 829. The van der Waals surface area contributed by atoms with Gasteiger partial charge in [0.1, 0.15) is 17.5 Å². The number of halogens is 2. The summed E-state index contributed by atoms with van der Waals surface area (Å²) in [6.45, 7) is 2.46. The van der Waals surface area contributed by atoms with Gasteiger partial charge in [-0.15, -0.1) is 0 Å². The van der Waals surface area contributed by atoms with Crippen molar-refractivity contribution >= 4 is 29.0 Å². The van der Waals surface area contributed by atoms with Crippen LogP contribution in [0.15, 0.2) is 41.2 Å². The van der Waals surface area contributed by atoms with Gasteiger partial charge in [0.2, 0.25) is 0 Å². The van der Waals surface area contributed by atoms with Crippen LogP contribution in [0.25, 0.3) is 0 Å². The highest BCUT2D eigenvalue weighted by Crippen LogP contribution is 2.50. The molecule has 4 rings (SSSR count). The van der Waals surface area contributed by atoms with Gasteiger partial charge >= 0.3 is 0 Å². The Hall–Kier alpha value is -1.29. The minimum Gasteiger partial charge on any atom is -0.495 e. The Balaban J connectivity index is 1.86. The van der Waals surface area contributed by atoms with E-state index in [4.69, 9.17) is 32.7 Å². The molecule has 0 bridgehead atoms. The Morgan fingerprint density at radius 1 is 1.14 bits per heavy atom. The van der Waals surface area contributed by atoms with Gasteiger partial charge in [-0.3, -0.25) is 4.79 Å². The fourth-order valence-electron chi connectivity index (χ4n) is 4.96. The normalized spacial score (nSPS) is 24.0. The van der Waals surface area contributed by atoms with Crippen LogP contribution in [0, 0.1) is 0 Å². The highest BCUT2D eigenvalue weighted by molar-refractivity contribution is 6.41. The maximum Gasteiger partial charge on any atom is 0.198 e. The van der Waals surface area contributed by atoms with Crippen molar-refractivity contribution in [2.75, 3.05) is 6.61 Å². The molecule has 1 saturated carbocycles. The lowest BCUT2D eigenvalue weighted by molar-refractivity contribution is -0.0679. The highest BCUT2D eigenvalue weighted by atomic mass is 35.5. The van der Waals surface area contributed by atoms with E-state index in [-0.39, 0.29) is 11.9 Å². The fourth-order valence-corrected chi connectivity index (χ4v) is 5.53. The zero-order valence-corrected chi connectivity index (χ0v) is 18.5. The van der Waals surface area contributed by atoms with Crippen LogP contribution < -0.4 is 0 Å². The molecule has 1 heterocycles. The highest BCUT2D eigenvalue weighted by Gasteiger charge is 2.52. The van der Waals surface area contributed by atoms with Gasteiger partial charge < -0.3 is 9.47 Å². The number of carbonyl (C=O) groups is 1. The van der Waals surface area contributed by atoms with Crippen molar-refractivity contribution in [3.8, 4) is 0 Å². The molecule has 0 unspecified atom stereocenters. The van der Waals surface area contributed by atoms with Gasteiger partial charge in [0.05, 0.1) is 27.8 Å². The van der Waals surface area contributed by atoms with Crippen LogP contribution >= 0.6 is 23.2 Å². The second-order valence-electron chi connectivity index (χ2n) is 8.18. The first-order chi connectivity index (χ1) is 14.1. The molecule has 1 aliphatic heterocycles. The Labute approximate surface area is 183 Å². The predicted molar refractivity (Wildman–Crippen MR) is 117 cm³/mol. The quantitative estimate of drug-likeness (QED) is 0.367. The van der Waals surface area contributed by atoms with Gasteiger partial charge in [-0.2, -0.15) is 0 Å². The molecule has 0 amide bonds.